The number of nitrogens with zero attached hydrogens (tertiary/aromatic N) is 1. The van der Waals surface area contributed by atoms with E-state index in [1.807, 2.05) is 0 Å². The van der Waals surface area contributed by atoms with Gasteiger partial charge >= 0.3 is 0 Å². The number of aliphatic hydroxyl groups is 1. The van der Waals surface area contributed by atoms with Gasteiger partial charge in [-0.05, 0) is 6.42 Å². The predicted molar refractivity (Wildman–Crippen MR) is 62.7 cm³/mol. The molecule has 1 N–H and O–H groups in total. The van der Waals surface area contributed by atoms with Crippen LogP contribution in [0.3, 0.4) is 0 Å². The van der Waals surface area contributed by atoms with Crippen LogP contribution < -0.4 is 0 Å². The predicted octanol–water partition coefficient (Wildman–Crippen LogP) is -0.0198. The largest absolute Gasteiger partial charge is 0.394 e. The third kappa shape index (κ3) is 10.3. The Hall–Kier alpha value is -0.200. The first-order valence-corrected chi connectivity index (χ1v) is 5.74. The summed E-state index contributed by atoms with van der Waals surface area (Å²) in [6, 6.07) is 0. The normalized spacial score (nSPS) is 11.2. The van der Waals surface area contributed by atoms with E-state index in [2.05, 4.69) is 4.90 Å². The minimum Gasteiger partial charge on any atom is -0.394 e. The lowest BCUT2D eigenvalue weighted by atomic mass is 10.4. The van der Waals surface area contributed by atoms with Crippen molar-refractivity contribution in [3.05, 3.63) is 0 Å². The van der Waals surface area contributed by atoms with E-state index in [9.17, 15) is 0 Å². The maximum Gasteiger partial charge on any atom is 0.0698 e. The monoisotopic (exact) mass is 235 g/mol. The van der Waals surface area contributed by atoms with E-state index in [4.69, 9.17) is 19.3 Å². The van der Waals surface area contributed by atoms with Crippen LogP contribution in [-0.2, 0) is 14.2 Å². The van der Waals surface area contributed by atoms with E-state index in [0.717, 1.165) is 39.3 Å². The molecule has 0 bridgehead atoms. The fraction of sp³-hybridized carbons (Fsp3) is 1.00. The summed E-state index contributed by atoms with van der Waals surface area (Å²) in [4.78, 5) is 2.28. The summed E-state index contributed by atoms with van der Waals surface area (Å²) in [6.07, 6.45) is 1.01. The Morgan fingerprint density at radius 3 is 2.19 bits per heavy atom. The molecule has 0 heterocycles. The van der Waals surface area contributed by atoms with Gasteiger partial charge in [0.15, 0.2) is 0 Å². The molecule has 98 valence electrons. The molecule has 0 aliphatic rings. The minimum absolute atomic E-state index is 0.0851. The van der Waals surface area contributed by atoms with Crippen LogP contribution in [0, 0.1) is 0 Å². The molecule has 16 heavy (non-hydrogen) atoms. The third-order valence-electron chi connectivity index (χ3n) is 2.22. The van der Waals surface area contributed by atoms with Gasteiger partial charge in [-0.1, -0.05) is 0 Å². The van der Waals surface area contributed by atoms with Gasteiger partial charge in [-0.15, -0.1) is 0 Å². The highest BCUT2D eigenvalue weighted by Gasteiger charge is 2.04. The van der Waals surface area contributed by atoms with Crippen molar-refractivity contribution in [2.45, 2.75) is 6.42 Å². The number of ether oxygens (including phenoxy) is 3. The Labute approximate surface area is 98.3 Å². The van der Waals surface area contributed by atoms with Crippen molar-refractivity contribution in [2.75, 3.05) is 66.9 Å². The smallest absolute Gasteiger partial charge is 0.0698 e. The molecular formula is C11H25NO4. The molecule has 5 heteroatoms. The first-order valence-electron chi connectivity index (χ1n) is 5.74. The van der Waals surface area contributed by atoms with E-state index in [0.29, 0.717) is 13.2 Å². The molecule has 0 aliphatic carbocycles. The fourth-order valence-electron chi connectivity index (χ4n) is 1.35. The SMILES string of the molecule is COCCCN(CCOC)CCOCCO. The first-order chi connectivity index (χ1) is 7.85. The van der Waals surface area contributed by atoms with Crippen LogP contribution in [0.2, 0.25) is 0 Å². The van der Waals surface area contributed by atoms with Gasteiger partial charge in [0, 0.05) is 40.5 Å². The minimum atomic E-state index is 0.0851. The quantitative estimate of drug-likeness (QED) is 0.482. The van der Waals surface area contributed by atoms with Crippen LogP contribution in [0.15, 0.2) is 0 Å². The standard InChI is InChI=1S/C11H25NO4/c1-14-8-3-4-12(5-9-15-2)6-10-16-11-7-13/h13H,3-11H2,1-2H3. The second-order valence-electron chi connectivity index (χ2n) is 3.52. The zero-order valence-corrected chi connectivity index (χ0v) is 10.5. The molecule has 0 saturated carbocycles. The summed E-state index contributed by atoms with van der Waals surface area (Å²) in [6.45, 7) is 5.42. The number of methoxy groups -OCH3 is 2. The zero-order valence-electron chi connectivity index (χ0n) is 10.5. The molecule has 0 atom stereocenters. The van der Waals surface area contributed by atoms with Crippen LogP contribution in [0.4, 0.5) is 0 Å². The molecule has 0 amide bonds. The highest BCUT2D eigenvalue weighted by molar-refractivity contribution is 4.57. The second-order valence-corrected chi connectivity index (χ2v) is 3.52. The second kappa shape index (κ2) is 12.9. The highest BCUT2D eigenvalue weighted by atomic mass is 16.5. The van der Waals surface area contributed by atoms with Crippen LogP contribution in [0.1, 0.15) is 6.42 Å². The molecule has 0 aromatic rings. The van der Waals surface area contributed by atoms with Crippen molar-refractivity contribution in [3.8, 4) is 0 Å². The molecule has 0 aromatic heterocycles. The highest BCUT2D eigenvalue weighted by Crippen LogP contribution is 1.93. The van der Waals surface area contributed by atoms with Gasteiger partial charge in [-0.3, -0.25) is 4.90 Å². The molecule has 0 spiro atoms. The molecule has 0 saturated heterocycles. The maximum absolute atomic E-state index is 8.57. The van der Waals surface area contributed by atoms with Crippen molar-refractivity contribution in [1.82, 2.24) is 4.90 Å². The number of hydrogen-bond acceptors (Lipinski definition) is 5. The average Bonchev–Trinajstić information content (AvgIpc) is 2.31. The summed E-state index contributed by atoms with van der Waals surface area (Å²) in [7, 11) is 3.42. The first kappa shape index (κ1) is 15.8. The van der Waals surface area contributed by atoms with Crippen LogP contribution in [0.5, 0.6) is 0 Å². The maximum atomic E-state index is 8.57. The molecule has 5 nitrogen and oxygen atoms in total. The summed E-state index contributed by atoms with van der Waals surface area (Å²) < 4.78 is 15.3. The van der Waals surface area contributed by atoms with Gasteiger partial charge in [0.05, 0.1) is 26.4 Å². The van der Waals surface area contributed by atoms with Crippen molar-refractivity contribution < 1.29 is 19.3 Å². The molecule has 0 radical (unpaired) electrons. The van der Waals surface area contributed by atoms with Crippen LogP contribution >= 0.6 is 0 Å². The molecule has 0 rings (SSSR count). The average molecular weight is 235 g/mol. The van der Waals surface area contributed by atoms with Crippen molar-refractivity contribution in [2.24, 2.45) is 0 Å². The number of rotatable bonds is 12. The molecule has 0 unspecified atom stereocenters. The number of aliphatic hydroxyl groups excluding tert-OH is 1. The van der Waals surface area contributed by atoms with Gasteiger partial charge in [0.1, 0.15) is 0 Å². The van der Waals surface area contributed by atoms with Gasteiger partial charge in [0.2, 0.25) is 0 Å². The van der Waals surface area contributed by atoms with E-state index >= 15 is 0 Å². The van der Waals surface area contributed by atoms with Gasteiger partial charge in [0.25, 0.3) is 0 Å². The fourth-order valence-corrected chi connectivity index (χ4v) is 1.35. The molecule has 0 fully saturated rings. The van der Waals surface area contributed by atoms with Crippen LogP contribution in [0.25, 0.3) is 0 Å². The summed E-state index contributed by atoms with van der Waals surface area (Å²) in [5, 5.41) is 8.57. The summed E-state index contributed by atoms with van der Waals surface area (Å²) in [5.74, 6) is 0. The Kier molecular flexibility index (Phi) is 12.7. The van der Waals surface area contributed by atoms with Crippen molar-refractivity contribution in [1.29, 1.82) is 0 Å². The van der Waals surface area contributed by atoms with E-state index in [-0.39, 0.29) is 6.61 Å². The Balaban J connectivity index is 3.54. The lowest BCUT2D eigenvalue weighted by Crippen LogP contribution is -2.32. The van der Waals surface area contributed by atoms with E-state index < -0.39 is 0 Å². The summed E-state index contributed by atoms with van der Waals surface area (Å²) >= 11 is 0. The number of hydrogen-bond donors (Lipinski definition) is 1. The molecule has 0 aliphatic heterocycles. The lowest BCUT2D eigenvalue weighted by Gasteiger charge is -2.21. The zero-order chi connectivity index (χ0) is 12.1. The van der Waals surface area contributed by atoms with E-state index in [1.54, 1.807) is 14.2 Å². The Morgan fingerprint density at radius 2 is 1.56 bits per heavy atom. The van der Waals surface area contributed by atoms with Crippen molar-refractivity contribution in [3.63, 3.8) is 0 Å². The van der Waals surface area contributed by atoms with Crippen LogP contribution in [-0.4, -0.2) is 76.9 Å². The van der Waals surface area contributed by atoms with E-state index in [1.165, 1.54) is 0 Å². The summed E-state index contributed by atoms with van der Waals surface area (Å²) in [5.41, 5.74) is 0. The Bertz CT molecular complexity index is 135. The van der Waals surface area contributed by atoms with Crippen molar-refractivity contribution >= 4 is 0 Å². The van der Waals surface area contributed by atoms with Gasteiger partial charge in [-0.25, -0.2) is 0 Å². The third-order valence-corrected chi connectivity index (χ3v) is 2.22. The lowest BCUT2D eigenvalue weighted by molar-refractivity contribution is 0.0630. The molecular weight excluding hydrogens is 210 g/mol. The van der Waals surface area contributed by atoms with Gasteiger partial charge < -0.3 is 19.3 Å². The van der Waals surface area contributed by atoms with Gasteiger partial charge in [-0.2, -0.15) is 0 Å². The Morgan fingerprint density at radius 1 is 0.875 bits per heavy atom. The topological polar surface area (TPSA) is 51.2 Å². The molecule has 0 aromatic carbocycles.